The van der Waals surface area contributed by atoms with E-state index in [1.54, 1.807) is 7.11 Å². The molecule has 118 valence electrons. The van der Waals surface area contributed by atoms with Crippen LogP contribution in [0.3, 0.4) is 0 Å². The molecule has 1 aromatic heterocycles. The number of ether oxygens (including phenoxy) is 1. The quantitative estimate of drug-likeness (QED) is 0.759. The molecule has 0 bridgehead atoms. The summed E-state index contributed by atoms with van der Waals surface area (Å²) in [6, 6.07) is 15.7. The third-order valence-electron chi connectivity index (χ3n) is 3.99. The van der Waals surface area contributed by atoms with E-state index in [-0.39, 0.29) is 5.91 Å². The zero-order chi connectivity index (χ0) is 16.2. The average Bonchev–Trinajstić information content (AvgIpc) is 2.88. The summed E-state index contributed by atoms with van der Waals surface area (Å²) in [4.78, 5) is 15.5. The molecule has 0 aliphatic heterocycles. The molecule has 0 aliphatic rings. The number of carbonyl (C=O) groups excluding carboxylic acids is 1. The van der Waals surface area contributed by atoms with Gasteiger partial charge in [-0.15, -0.1) is 0 Å². The van der Waals surface area contributed by atoms with E-state index in [0.717, 1.165) is 33.5 Å². The van der Waals surface area contributed by atoms with Gasteiger partial charge in [0.2, 0.25) is 5.91 Å². The molecular weight excluding hydrogens is 288 g/mol. The highest BCUT2D eigenvalue weighted by Crippen LogP contribution is 2.21. The maximum absolute atomic E-state index is 12.2. The number of hydrogen-bond acceptors (Lipinski definition) is 2. The summed E-state index contributed by atoms with van der Waals surface area (Å²) in [6.07, 6.45) is 0.346. The lowest BCUT2D eigenvalue weighted by Gasteiger charge is -2.07. The van der Waals surface area contributed by atoms with Crippen LogP contribution in [-0.4, -0.2) is 18.0 Å². The van der Waals surface area contributed by atoms with Gasteiger partial charge in [-0.3, -0.25) is 4.79 Å². The molecule has 0 saturated carbocycles. The van der Waals surface area contributed by atoms with Gasteiger partial charge >= 0.3 is 0 Å². The Morgan fingerprint density at radius 2 is 2.00 bits per heavy atom. The van der Waals surface area contributed by atoms with Gasteiger partial charge in [-0.2, -0.15) is 0 Å². The first-order chi connectivity index (χ1) is 11.2. The molecule has 0 aliphatic carbocycles. The van der Waals surface area contributed by atoms with Crippen LogP contribution in [0.25, 0.3) is 10.9 Å². The van der Waals surface area contributed by atoms with E-state index in [9.17, 15) is 4.79 Å². The van der Waals surface area contributed by atoms with Gasteiger partial charge in [0.25, 0.3) is 0 Å². The second-order valence-corrected chi connectivity index (χ2v) is 5.58. The van der Waals surface area contributed by atoms with Gasteiger partial charge in [-0.05, 0) is 36.2 Å². The summed E-state index contributed by atoms with van der Waals surface area (Å²) in [5.41, 5.74) is 4.27. The normalized spacial score (nSPS) is 10.7. The predicted molar refractivity (Wildman–Crippen MR) is 91.6 cm³/mol. The van der Waals surface area contributed by atoms with Crippen molar-refractivity contribution < 1.29 is 9.53 Å². The Balaban J connectivity index is 1.67. The minimum atomic E-state index is 0.00272. The third kappa shape index (κ3) is 3.37. The second kappa shape index (κ2) is 6.57. The highest BCUT2D eigenvalue weighted by atomic mass is 16.5. The van der Waals surface area contributed by atoms with E-state index in [4.69, 9.17) is 4.74 Å². The van der Waals surface area contributed by atoms with E-state index in [1.165, 1.54) is 0 Å². The molecule has 4 heteroatoms. The summed E-state index contributed by atoms with van der Waals surface area (Å²) in [5.74, 6) is 0.769. The summed E-state index contributed by atoms with van der Waals surface area (Å²) in [5, 5.41) is 4.16. The van der Waals surface area contributed by atoms with E-state index >= 15 is 0 Å². The van der Waals surface area contributed by atoms with Crippen LogP contribution in [0.5, 0.6) is 5.75 Å². The Morgan fingerprint density at radius 3 is 2.83 bits per heavy atom. The van der Waals surface area contributed by atoms with Crippen LogP contribution in [0, 0.1) is 6.92 Å². The topological polar surface area (TPSA) is 54.1 Å². The molecule has 0 atom stereocenters. The van der Waals surface area contributed by atoms with Gasteiger partial charge in [0.05, 0.1) is 13.5 Å². The molecule has 4 nitrogen and oxygen atoms in total. The van der Waals surface area contributed by atoms with Crippen molar-refractivity contribution in [2.75, 3.05) is 7.11 Å². The van der Waals surface area contributed by atoms with Gasteiger partial charge in [-0.25, -0.2) is 0 Å². The van der Waals surface area contributed by atoms with Gasteiger partial charge in [0, 0.05) is 23.1 Å². The molecule has 2 aromatic carbocycles. The Labute approximate surface area is 135 Å². The molecule has 0 spiro atoms. The van der Waals surface area contributed by atoms with E-state index in [0.29, 0.717) is 13.0 Å². The van der Waals surface area contributed by atoms with Crippen molar-refractivity contribution in [3.8, 4) is 5.75 Å². The number of methoxy groups -OCH3 is 1. The number of fused-ring (bicyclic) bond motifs is 1. The van der Waals surface area contributed by atoms with Crippen molar-refractivity contribution >= 4 is 16.8 Å². The minimum Gasteiger partial charge on any atom is -0.497 e. The van der Waals surface area contributed by atoms with Crippen LogP contribution in [0.2, 0.25) is 0 Å². The Kier molecular flexibility index (Phi) is 4.33. The SMILES string of the molecule is COc1cccc(CC(=O)NCc2c(C)[nH]c3ccccc23)c1. The number of benzene rings is 2. The van der Waals surface area contributed by atoms with Crippen LogP contribution in [-0.2, 0) is 17.8 Å². The third-order valence-corrected chi connectivity index (χ3v) is 3.99. The average molecular weight is 308 g/mol. The smallest absolute Gasteiger partial charge is 0.224 e. The van der Waals surface area contributed by atoms with E-state index < -0.39 is 0 Å². The molecule has 0 fully saturated rings. The number of rotatable bonds is 5. The molecule has 23 heavy (non-hydrogen) atoms. The number of hydrogen-bond donors (Lipinski definition) is 2. The number of H-pyrrole nitrogens is 1. The zero-order valence-corrected chi connectivity index (χ0v) is 13.3. The summed E-state index contributed by atoms with van der Waals surface area (Å²) in [6.45, 7) is 2.56. The fourth-order valence-electron chi connectivity index (χ4n) is 2.78. The number of para-hydroxylation sites is 1. The Morgan fingerprint density at radius 1 is 1.17 bits per heavy atom. The maximum Gasteiger partial charge on any atom is 0.224 e. The Hall–Kier alpha value is -2.75. The van der Waals surface area contributed by atoms with Crippen LogP contribution >= 0.6 is 0 Å². The summed E-state index contributed by atoms with van der Waals surface area (Å²) < 4.78 is 5.18. The summed E-state index contributed by atoms with van der Waals surface area (Å²) in [7, 11) is 1.62. The lowest BCUT2D eigenvalue weighted by molar-refractivity contribution is -0.120. The van der Waals surface area contributed by atoms with Crippen molar-refractivity contribution in [3.05, 3.63) is 65.4 Å². The minimum absolute atomic E-state index is 0.00272. The fourth-order valence-corrected chi connectivity index (χ4v) is 2.78. The highest BCUT2D eigenvalue weighted by Gasteiger charge is 2.10. The Bertz CT molecular complexity index is 836. The molecule has 2 N–H and O–H groups in total. The van der Waals surface area contributed by atoms with Gasteiger partial charge in [-0.1, -0.05) is 30.3 Å². The van der Waals surface area contributed by atoms with Crippen molar-refractivity contribution in [1.82, 2.24) is 10.3 Å². The van der Waals surface area contributed by atoms with Gasteiger partial charge in [0.1, 0.15) is 5.75 Å². The van der Waals surface area contributed by atoms with Crippen LogP contribution in [0.4, 0.5) is 0 Å². The lowest BCUT2D eigenvalue weighted by Crippen LogP contribution is -2.24. The van der Waals surface area contributed by atoms with Crippen molar-refractivity contribution in [1.29, 1.82) is 0 Å². The number of carbonyl (C=O) groups is 1. The number of amides is 1. The van der Waals surface area contributed by atoms with Gasteiger partial charge in [0.15, 0.2) is 0 Å². The molecule has 0 radical (unpaired) electrons. The number of aromatic nitrogens is 1. The molecule has 1 heterocycles. The predicted octanol–water partition coefficient (Wildman–Crippen LogP) is 3.34. The van der Waals surface area contributed by atoms with E-state index in [1.807, 2.05) is 49.4 Å². The molecular formula is C19H20N2O2. The second-order valence-electron chi connectivity index (χ2n) is 5.58. The first kappa shape index (κ1) is 15.2. The molecule has 3 aromatic rings. The van der Waals surface area contributed by atoms with Crippen LogP contribution in [0.1, 0.15) is 16.8 Å². The largest absolute Gasteiger partial charge is 0.497 e. The molecule has 3 rings (SSSR count). The van der Waals surface area contributed by atoms with Crippen LogP contribution in [0.15, 0.2) is 48.5 Å². The molecule has 0 saturated heterocycles. The van der Waals surface area contributed by atoms with Crippen molar-refractivity contribution in [2.45, 2.75) is 19.9 Å². The zero-order valence-electron chi connectivity index (χ0n) is 13.3. The fraction of sp³-hybridized carbons (Fsp3) is 0.211. The van der Waals surface area contributed by atoms with Crippen LogP contribution < -0.4 is 10.1 Å². The van der Waals surface area contributed by atoms with Crippen molar-refractivity contribution in [3.63, 3.8) is 0 Å². The van der Waals surface area contributed by atoms with Crippen molar-refractivity contribution in [2.24, 2.45) is 0 Å². The maximum atomic E-state index is 12.2. The number of nitrogens with one attached hydrogen (secondary N) is 2. The monoisotopic (exact) mass is 308 g/mol. The first-order valence-corrected chi connectivity index (χ1v) is 7.63. The van der Waals surface area contributed by atoms with E-state index in [2.05, 4.69) is 16.4 Å². The standard InChI is InChI=1S/C19H20N2O2/c1-13-17(16-8-3-4-9-18(16)21-13)12-20-19(22)11-14-6-5-7-15(10-14)23-2/h3-10,21H,11-12H2,1-2H3,(H,20,22). The molecule has 1 amide bonds. The lowest BCUT2D eigenvalue weighted by atomic mass is 10.1. The van der Waals surface area contributed by atoms with Gasteiger partial charge < -0.3 is 15.0 Å². The highest BCUT2D eigenvalue weighted by molar-refractivity contribution is 5.85. The first-order valence-electron chi connectivity index (χ1n) is 7.63. The summed E-state index contributed by atoms with van der Waals surface area (Å²) >= 11 is 0. The molecule has 0 unspecified atom stereocenters. The number of aryl methyl sites for hydroxylation is 1. The number of aromatic amines is 1.